The fourth-order valence-electron chi connectivity index (χ4n) is 2.61. The lowest BCUT2D eigenvalue weighted by Crippen LogP contribution is -2.23. The molecule has 0 heterocycles. The zero-order valence-electron chi connectivity index (χ0n) is 12.8. The van der Waals surface area contributed by atoms with Crippen molar-refractivity contribution < 1.29 is 4.74 Å². The van der Waals surface area contributed by atoms with Crippen LogP contribution in [0, 0.1) is 0 Å². The van der Waals surface area contributed by atoms with E-state index in [1.54, 1.807) is 7.11 Å². The molecular formula is C18H22BrNO. The van der Waals surface area contributed by atoms with Gasteiger partial charge in [0, 0.05) is 0 Å². The van der Waals surface area contributed by atoms with Gasteiger partial charge in [-0.3, -0.25) is 0 Å². The molecule has 2 rings (SSSR count). The van der Waals surface area contributed by atoms with Gasteiger partial charge in [-0.05, 0) is 57.7 Å². The normalized spacial score (nSPS) is 12.2. The van der Waals surface area contributed by atoms with Gasteiger partial charge in [-0.2, -0.15) is 0 Å². The van der Waals surface area contributed by atoms with Gasteiger partial charge in [0.05, 0.1) is 17.6 Å². The molecule has 0 aliphatic heterocycles. The Balaban J connectivity index is 2.45. The molecule has 2 aromatic rings. The maximum Gasteiger partial charge on any atom is 0.133 e. The minimum Gasteiger partial charge on any atom is -0.496 e. The zero-order chi connectivity index (χ0) is 15.2. The highest BCUT2D eigenvalue weighted by Crippen LogP contribution is 2.31. The summed E-state index contributed by atoms with van der Waals surface area (Å²) in [5, 5.41) is 3.59. The molecule has 2 nitrogen and oxygen atoms in total. The Morgan fingerprint density at radius 2 is 1.90 bits per heavy atom. The number of nitrogens with one attached hydrogen (secondary N) is 1. The van der Waals surface area contributed by atoms with E-state index in [4.69, 9.17) is 4.74 Å². The van der Waals surface area contributed by atoms with Crippen LogP contribution >= 0.6 is 15.9 Å². The zero-order valence-corrected chi connectivity index (χ0v) is 14.4. The second kappa shape index (κ2) is 7.62. The molecule has 112 valence electrons. The molecule has 0 saturated carbocycles. The molecule has 3 heteroatoms. The van der Waals surface area contributed by atoms with Crippen LogP contribution < -0.4 is 10.1 Å². The number of rotatable bonds is 6. The molecule has 0 bridgehead atoms. The van der Waals surface area contributed by atoms with Crippen molar-refractivity contribution in [3.05, 3.63) is 63.6 Å². The van der Waals surface area contributed by atoms with Gasteiger partial charge in [0.2, 0.25) is 0 Å². The predicted octanol–water partition coefficient (Wildman–Crippen LogP) is 4.72. The standard InChI is InChI=1S/C18H22BrNO/c1-4-13-8-6-7-9-15(13)18(20-5-2)14-10-11-17(21-3)16(19)12-14/h6-12,18,20H,4-5H2,1-3H3. The average molecular weight is 348 g/mol. The number of methoxy groups -OCH3 is 1. The van der Waals surface area contributed by atoms with E-state index in [1.165, 1.54) is 16.7 Å². The van der Waals surface area contributed by atoms with Gasteiger partial charge in [-0.1, -0.05) is 44.2 Å². The first-order valence-electron chi connectivity index (χ1n) is 7.35. The summed E-state index contributed by atoms with van der Waals surface area (Å²) in [4.78, 5) is 0. The number of benzene rings is 2. The van der Waals surface area contributed by atoms with Crippen molar-refractivity contribution in [2.45, 2.75) is 26.3 Å². The van der Waals surface area contributed by atoms with Crippen molar-refractivity contribution >= 4 is 15.9 Å². The number of halogens is 1. The highest BCUT2D eigenvalue weighted by atomic mass is 79.9. The molecule has 0 radical (unpaired) electrons. The van der Waals surface area contributed by atoms with Crippen molar-refractivity contribution in [2.75, 3.05) is 13.7 Å². The number of hydrogen-bond donors (Lipinski definition) is 1. The maximum absolute atomic E-state index is 5.32. The summed E-state index contributed by atoms with van der Waals surface area (Å²) in [5.74, 6) is 0.859. The van der Waals surface area contributed by atoms with Crippen LogP contribution in [0.25, 0.3) is 0 Å². The lowest BCUT2D eigenvalue weighted by Gasteiger charge is -2.22. The molecule has 0 aliphatic carbocycles. The first kappa shape index (κ1) is 16.1. The Kier molecular flexibility index (Phi) is 5.83. The van der Waals surface area contributed by atoms with E-state index in [1.807, 2.05) is 6.07 Å². The van der Waals surface area contributed by atoms with Crippen molar-refractivity contribution in [1.29, 1.82) is 0 Å². The Labute approximate surface area is 135 Å². The minimum atomic E-state index is 0.202. The molecule has 1 atom stereocenters. The maximum atomic E-state index is 5.32. The highest BCUT2D eigenvalue weighted by molar-refractivity contribution is 9.10. The Morgan fingerprint density at radius 3 is 2.52 bits per heavy atom. The average Bonchev–Trinajstić information content (AvgIpc) is 2.52. The van der Waals surface area contributed by atoms with Gasteiger partial charge >= 0.3 is 0 Å². The third-order valence-electron chi connectivity index (χ3n) is 3.66. The second-order valence-electron chi connectivity index (χ2n) is 4.94. The van der Waals surface area contributed by atoms with E-state index >= 15 is 0 Å². The third kappa shape index (κ3) is 3.66. The number of hydrogen-bond acceptors (Lipinski definition) is 2. The van der Waals surface area contributed by atoms with Crippen molar-refractivity contribution in [3.8, 4) is 5.75 Å². The van der Waals surface area contributed by atoms with E-state index < -0.39 is 0 Å². The van der Waals surface area contributed by atoms with Gasteiger partial charge in [0.25, 0.3) is 0 Å². The van der Waals surface area contributed by atoms with E-state index in [-0.39, 0.29) is 6.04 Å². The lowest BCUT2D eigenvalue weighted by molar-refractivity contribution is 0.411. The van der Waals surface area contributed by atoms with Crippen molar-refractivity contribution in [2.24, 2.45) is 0 Å². The molecule has 0 amide bonds. The molecule has 0 spiro atoms. The van der Waals surface area contributed by atoms with Crippen LogP contribution in [-0.4, -0.2) is 13.7 Å². The monoisotopic (exact) mass is 347 g/mol. The molecule has 21 heavy (non-hydrogen) atoms. The van der Waals surface area contributed by atoms with E-state index in [9.17, 15) is 0 Å². The molecular weight excluding hydrogens is 326 g/mol. The molecule has 1 N–H and O–H groups in total. The molecule has 2 aromatic carbocycles. The van der Waals surface area contributed by atoms with Gasteiger partial charge in [0.15, 0.2) is 0 Å². The van der Waals surface area contributed by atoms with Crippen molar-refractivity contribution in [1.82, 2.24) is 5.32 Å². The summed E-state index contributed by atoms with van der Waals surface area (Å²) in [6.07, 6.45) is 1.04. The SMILES string of the molecule is CCNC(c1ccc(OC)c(Br)c1)c1ccccc1CC. The smallest absolute Gasteiger partial charge is 0.133 e. The molecule has 0 aromatic heterocycles. The summed E-state index contributed by atoms with van der Waals surface area (Å²) >= 11 is 3.58. The summed E-state index contributed by atoms with van der Waals surface area (Å²) in [5.41, 5.74) is 3.97. The first-order chi connectivity index (χ1) is 10.2. The molecule has 0 saturated heterocycles. The van der Waals surface area contributed by atoms with Crippen LogP contribution in [0.15, 0.2) is 46.9 Å². The Hall–Kier alpha value is -1.32. The van der Waals surface area contributed by atoms with Gasteiger partial charge < -0.3 is 10.1 Å². The predicted molar refractivity (Wildman–Crippen MR) is 92.0 cm³/mol. The number of aryl methyl sites for hydroxylation is 1. The van der Waals surface area contributed by atoms with E-state index in [0.717, 1.165) is 23.2 Å². The summed E-state index contributed by atoms with van der Waals surface area (Å²) in [6, 6.07) is 15.1. The molecule has 1 unspecified atom stereocenters. The van der Waals surface area contributed by atoms with Crippen LogP contribution in [0.2, 0.25) is 0 Å². The lowest BCUT2D eigenvalue weighted by atomic mass is 9.93. The fraction of sp³-hybridized carbons (Fsp3) is 0.333. The van der Waals surface area contributed by atoms with Crippen LogP contribution in [0.3, 0.4) is 0 Å². The van der Waals surface area contributed by atoms with Gasteiger partial charge in [-0.15, -0.1) is 0 Å². The van der Waals surface area contributed by atoms with Crippen LogP contribution in [0.4, 0.5) is 0 Å². The Morgan fingerprint density at radius 1 is 1.14 bits per heavy atom. The minimum absolute atomic E-state index is 0.202. The Bertz CT molecular complexity index is 598. The highest BCUT2D eigenvalue weighted by Gasteiger charge is 2.16. The van der Waals surface area contributed by atoms with Crippen molar-refractivity contribution in [3.63, 3.8) is 0 Å². The van der Waals surface area contributed by atoms with Gasteiger partial charge in [-0.25, -0.2) is 0 Å². The van der Waals surface area contributed by atoms with Gasteiger partial charge in [0.1, 0.15) is 5.75 Å². The molecule has 0 fully saturated rings. The quantitative estimate of drug-likeness (QED) is 0.816. The van der Waals surface area contributed by atoms with Crippen LogP contribution in [-0.2, 0) is 6.42 Å². The topological polar surface area (TPSA) is 21.3 Å². The van der Waals surface area contributed by atoms with Crippen LogP contribution in [0.1, 0.15) is 36.6 Å². The van der Waals surface area contributed by atoms with E-state index in [2.05, 4.69) is 71.5 Å². The van der Waals surface area contributed by atoms with Crippen LogP contribution in [0.5, 0.6) is 5.75 Å². The first-order valence-corrected chi connectivity index (χ1v) is 8.15. The summed E-state index contributed by atoms with van der Waals surface area (Å²) in [7, 11) is 1.69. The largest absolute Gasteiger partial charge is 0.496 e. The fourth-order valence-corrected chi connectivity index (χ4v) is 3.17. The summed E-state index contributed by atoms with van der Waals surface area (Å²) in [6.45, 7) is 5.26. The second-order valence-corrected chi connectivity index (χ2v) is 5.79. The third-order valence-corrected chi connectivity index (χ3v) is 4.28. The number of ether oxygens (including phenoxy) is 1. The molecule has 0 aliphatic rings. The van der Waals surface area contributed by atoms with E-state index in [0.29, 0.717) is 0 Å². The summed E-state index contributed by atoms with van der Waals surface area (Å²) < 4.78 is 6.31.